The number of hydrogen-bond donors (Lipinski definition) is 2. The fourth-order valence-corrected chi connectivity index (χ4v) is 3.38. The van der Waals surface area contributed by atoms with Gasteiger partial charge in [-0.15, -0.1) is 0 Å². The number of carbonyl (C=O) groups is 2. The van der Waals surface area contributed by atoms with E-state index in [0.717, 1.165) is 9.13 Å². The SMILES string of the molecule is CC1(c2ccccc2)CC(Nc2ccc(I)cc2C(=O)O)C(=O)O1. The first kappa shape index (κ1) is 16.8. The molecule has 3 rings (SSSR count). The maximum atomic E-state index is 12.3. The van der Waals surface area contributed by atoms with Crippen molar-refractivity contribution in [3.05, 3.63) is 63.2 Å². The van der Waals surface area contributed by atoms with Gasteiger partial charge in [0.2, 0.25) is 0 Å². The van der Waals surface area contributed by atoms with Crippen LogP contribution in [0.5, 0.6) is 0 Å². The molecule has 0 aromatic heterocycles. The third-order valence-electron chi connectivity index (χ3n) is 4.13. The highest BCUT2D eigenvalue weighted by molar-refractivity contribution is 14.1. The number of benzene rings is 2. The van der Waals surface area contributed by atoms with Crippen molar-refractivity contribution in [2.45, 2.75) is 25.0 Å². The number of cyclic esters (lactones) is 1. The summed E-state index contributed by atoms with van der Waals surface area (Å²) >= 11 is 2.05. The summed E-state index contributed by atoms with van der Waals surface area (Å²) in [7, 11) is 0. The fraction of sp³-hybridized carbons (Fsp3) is 0.222. The predicted molar refractivity (Wildman–Crippen MR) is 98.0 cm³/mol. The number of halogens is 1. The van der Waals surface area contributed by atoms with Gasteiger partial charge in [0.15, 0.2) is 0 Å². The Bertz CT molecular complexity index is 793. The van der Waals surface area contributed by atoms with Gasteiger partial charge < -0.3 is 15.2 Å². The summed E-state index contributed by atoms with van der Waals surface area (Å²) in [5.41, 5.74) is 0.761. The number of esters is 1. The van der Waals surface area contributed by atoms with Crippen molar-refractivity contribution < 1.29 is 19.4 Å². The number of rotatable bonds is 4. The van der Waals surface area contributed by atoms with Gasteiger partial charge in [0.05, 0.1) is 5.56 Å². The van der Waals surface area contributed by atoms with Crippen LogP contribution in [-0.2, 0) is 15.1 Å². The molecule has 1 saturated heterocycles. The number of nitrogens with one attached hydrogen (secondary N) is 1. The number of ether oxygens (including phenoxy) is 1. The zero-order chi connectivity index (χ0) is 17.3. The van der Waals surface area contributed by atoms with E-state index in [1.54, 1.807) is 18.2 Å². The van der Waals surface area contributed by atoms with Crippen molar-refractivity contribution in [3.63, 3.8) is 0 Å². The quantitative estimate of drug-likeness (QED) is 0.565. The van der Waals surface area contributed by atoms with E-state index in [0.29, 0.717) is 12.1 Å². The molecule has 2 N–H and O–H groups in total. The minimum atomic E-state index is -1.03. The second kappa shape index (κ2) is 6.43. The highest BCUT2D eigenvalue weighted by Gasteiger charge is 2.44. The van der Waals surface area contributed by atoms with E-state index in [-0.39, 0.29) is 11.5 Å². The van der Waals surface area contributed by atoms with Crippen LogP contribution in [0.2, 0.25) is 0 Å². The third kappa shape index (κ3) is 3.24. The van der Waals surface area contributed by atoms with Crippen molar-refractivity contribution >= 4 is 40.2 Å². The van der Waals surface area contributed by atoms with Crippen LogP contribution in [-0.4, -0.2) is 23.1 Å². The van der Waals surface area contributed by atoms with Crippen LogP contribution in [0.1, 0.15) is 29.3 Å². The molecule has 2 aromatic rings. The summed E-state index contributed by atoms with van der Waals surface area (Å²) < 4.78 is 6.41. The number of carbonyl (C=O) groups excluding carboxylic acids is 1. The maximum absolute atomic E-state index is 12.3. The molecule has 0 saturated carbocycles. The number of anilines is 1. The molecule has 2 atom stereocenters. The average molecular weight is 437 g/mol. The first-order valence-electron chi connectivity index (χ1n) is 7.47. The highest BCUT2D eigenvalue weighted by Crippen LogP contribution is 2.37. The van der Waals surface area contributed by atoms with Crippen molar-refractivity contribution in [2.75, 3.05) is 5.32 Å². The van der Waals surface area contributed by atoms with Crippen LogP contribution in [0.25, 0.3) is 0 Å². The van der Waals surface area contributed by atoms with E-state index >= 15 is 0 Å². The summed E-state index contributed by atoms with van der Waals surface area (Å²) in [4.78, 5) is 23.7. The molecule has 24 heavy (non-hydrogen) atoms. The van der Waals surface area contributed by atoms with Crippen LogP contribution < -0.4 is 5.32 Å². The van der Waals surface area contributed by atoms with Crippen LogP contribution in [0, 0.1) is 3.57 Å². The molecule has 0 spiro atoms. The summed E-state index contributed by atoms with van der Waals surface area (Å²) in [6, 6.07) is 14.0. The van der Waals surface area contributed by atoms with E-state index in [1.807, 2.05) is 37.3 Å². The Labute approximate surface area is 153 Å². The lowest BCUT2D eigenvalue weighted by atomic mass is 9.91. The summed E-state index contributed by atoms with van der Waals surface area (Å²) in [5.74, 6) is -1.41. The van der Waals surface area contributed by atoms with Crippen molar-refractivity contribution in [1.82, 2.24) is 0 Å². The van der Waals surface area contributed by atoms with Crippen LogP contribution in [0.4, 0.5) is 5.69 Å². The number of carboxylic acid groups (broad SMARTS) is 1. The zero-order valence-corrected chi connectivity index (χ0v) is 15.1. The Kier molecular flexibility index (Phi) is 4.49. The molecular weight excluding hydrogens is 421 g/mol. The molecule has 6 heteroatoms. The first-order chi connectivity index (χ1) is 11.4. The molecule has 1 aliphatic rings. The molecule has 0 radical (unpaired) electrons. The van der Waals surface area contributed by atoms with E-state index in [9.17, 15) is 14.7 Å². The fourth-order valence-electron chi connectivity index (χ4n) is 2.89. The molecular formula is C18H16INO4. The lowest BCUT2D eigenvalue weighted by Gasteiger charge is -2.23. The van der Waals surface area contributed by atoms with Gasteiger partial charge in [-0.25, -0.2) is 9.59 Å². The number of hydrogen-bond acceptors (Lipinski definition) is 4. The minimum absolute atomic E-state index is 0.142. The van der Waals surface area contributed by atoms with E-state index in [2.05, 4.69) is 27.9 Å². The topological polar surface area (TPSA) is 75.6 Å². The molecule has 0 aliphatic carbocycles. The second-order valence-electron chi connectivity index (χ2n) is 5.91. The Morgan fingerprint density at radius 1 is 1.29 bits per heavy atom. The first-order valence-corrected chi connectivity index (χ1v) is 8.55. The van der Waals surface area contributed by atoms with E-state index in [1.165, 1.54) is 0 Å². The van der Waals surface area contributed by atoms with Crippen molar-refractivity contribution in [3.8, 4) is 0 Å². The standard InChI is InChI=1S/C18H16INO4/c1-18(11-5-3-2-4-6-11)10-15(17(23)24-18)20-14-8-7-12(19)9-13(14)16(21)22/h2-9,15,20H,10H2,1H3,(H,21,22). The predicted octanol–water partition coefficient (Wildman–Crippen LogP) is 3.63. The van der Waals surface area contributed by atoms with Gasteiger partial charge in [0.1, 0.15) is 11.6 Å². The molecule has 0 bridgehead atoms. The van der Waals surface area contributed by atoms with Gasteiger partial charge in [-0.2, -0.15) is 0 Å². The largest absolute Gasteiger partial charge is 0.478 e. The van der Waals surface area contributed by atoms with E-state index < -0.39 is 17.6 Å². The van der Waals surface area contributed by atoms with Crippen LogP contribution in [0.3, 0.4) is 0 Å². The average Bonchev–Trinajstić information content (AvgIpc) is 2.85. The minimum Gasteiger partial charge on any atom is -0.478 e. The van der Waals surface area contributed by atoms with Gasteiger partial charge in [0, 0.05) is 15.7 Å². The molecule has 1 fully saturated rings. The van der Waals surface area contributed by atoms with Gasteiger partial charge in [-0.3, -0.25) is 0 Å². The Morgan fingerprint density at radius 2 is 2.00 bits per heavy atom. The zero-order valence-electron chi connectivity index (χ0n) is 13.0. The van der Waals surface area contributed by atoms with Crippen LogP contribution >= 0.6 is 22.6 Å². The Balaban J connectivity index is 1.85. The molecule has 2 unspecified atom stereocenters. The van der Waals surface area contributed by atoms with Gasteiger partial charge >= 0.3 is 11.9 Å². The van der Waals surface area contributed by atoms with Crippen molar-refractivity contribution in [1.29, 1.82) is 0 Å². The van der Waals surface area contributed by atoms with Crippen LogP contribution in [0.15, 0.2) is 48.5 Å². The molecule has 2 aromatic carbocycles. The molecule has 0 amide bonds. The normalized spacial score (nSPS) is 22.9. The van der Waals surface area contributed by atoms with Crippen molar-refractivity contribution in [2.24, 2.45) is 0 Å². The molecule has 1 aliphatic heterocycles. The highest BCUT2D eigenvalue weighted by atomic mass is 127. The summed E-state index contributed by atoms with van der Waals surface area (Å²) in [6.07, 6.45) is 0.431. The third-order valence-corrected chi connectivity index (χ3v) is 4.80. The lowest BCUT2D eigenvalue weighted by molar-refractivity contribution is -0.148. The molecule has 5 nitrogen and oxygen atoms in total. The summed E-state index contributed by atoms with van der Waals surface area (Å²) in [6.45, 7) is 1.87. The van der Waals surface area contributed by atoms with Gasteiger partial charge in [-0.05, 0) is 53.3 Å². The Morgan fingerprint density at radius 3 is 2.67 bits per heavy atom. The second-order valence-corrected chi connectivity index (χ2v) is 7.16. The summed E-state index contributed by atoms with van der Waals surface area (Å²) in [5, 5.41) is 12.4. The monoisotopic (exact) mass is 437 g/mol. The lowest BCUT2D eigenvalue weighted by Crippen LogP contribution is -2.26. The Hall–Kier alpha value is -2.09. The molecule has 124 valence electrons. The number of aromatic carboxylic acids is 1. The maximum Gasteiger partial charge on any atom is 0.337 e. The number of carboxylic acids is 1. The van der Waals surface area contributed by atoms with Gasteiger partial charge in [0.25, 0.3) is 0 Å². The smallest absolute Gasteiger partial charge is 0.337 e. The molecule has 1 heterocycles. The van der Waals surface area contributed by atoms with E-state index in [4.69, 9.17) is 4.74 Å². The van der Waals surface area contributed by atoms with Gasteiger partial charge in [-0.1, -0.05) is 30.3 Å².